The van der Waals surface area contributed by atoms with Gasteiger partial charge >= 0.3 is 5.97 Å². The Bertz CT molecular complexity index is 2490. The van der Waals surface area contributed by atoms with Crippen molar-refractivity contribution in [3.05, 3.63) is 123 Å². The number of nitrogens with zero attached hydrogens (tertiary/aromatic N) is 4. The van der Waals surface area contributed by atoms with Gasteiger partial charge in [0.05, 0.1) is 47.8 Å². The number of rotatable bonds is 9. The number of hydrogen-bond donors (Lipinski definition) is 2. The molecule has 8 rings (SSSR count). The Kier molecular flexibility index (Phi) is 11.0. The van der Waals surface area contributed by atoms with Crippen LogP contribution in [0.1, 0.15) is 71.5 Å². The molecule has 4 aromatic carbocycles. The van der Waals surface area contributed by atoms with E-state index >= 15 is 0 Å². The topological polar surface area (TPSA) is 113 Å². The van der Waals surface area contributed by atoms with Crippen molar-refractivity contribution < 1.29 is 19.1 Å². The fourth-order valence-electron chi connectivity index (χ4n) is 8.26. The molecule has 2 amide bonds. The molecule has 10 nitrogen and oxygen atoms in total. The fourth-order valence-corrected chi connectivity index (χ4v) is 9.00. The number of imidazole rings is 1. The van der Waals surface area contributed by atoms with E-state index in [2.05, 4.69) is 15.2 Å². The Balaban J connectivity index is 1.23. The second-order valence-corrected chi connectivity index (χ2v) is 15.8. The number of anilines is 2. The molecule has 292 valence electrons. The highest BCUT2D eigenvalue weighted by molar-refractivity contribution is 6.35. The molecule has 1 atom stereocenters. The first-order valence-corrected chi connectivity index (χ1v) is 20.2. The van der Waals surface area contributed by atoms with Crippen molar-refractivity contribution >= 4 is 74.9 Å². The molecule has 0 unspecified atom stereocenters. The molecular weight excluding hydrogens is 783 g/mol. The molecule has 0 bridgehead atoms. The van der Waals surface area contributed by atoms with E-state index in [1.165, 1.54) is 7.11 Å². The maximum atomic E-state index is 14.9. The van der Waals surface area contributed by atoms with Crippen molar-refractivity contribution in [1.29, 1.82) is 0 Å². The van der Waals surface area contributed by atoms with Gasteiger partial charge in [-0.25, -0.2) is 9.78 Å². The molecular formula is C44H41Cl3N6O4. The van der Waals surface area contributed by atoms with Gasteiger partial charge in [0, 0.05) is 69.2 Å². The molecule has 0 saturated carbocycles. The Hall–Kier alpha value is -5.29. The average molecular weight is 824 g/mol. The fraction of sp³-hybridized carbons (Fsp3) is 0.273. The van der Waals surface area contributed by atoms with Crippen LogP contribution in [0.2, 0.25) is 15.1 Å². The maximum Gasteiger partial charge on any atom is 0.337 e. The summed E-state index contributed by atoms with van der Waals surface area (Å²) in [6, 6.07) is 25.8. The smallest absolute Gasteiger partial charge is 0.337 e. The zero-order valence-corrected chi connectivity index (χ0v) is 33.8. The number of benzene rings is 4. The molecule has 2 aliphatic rings. The number of nitrogens with one attached hydrogen (secondary N) is 2. The number of methoxy groups -OCH3 is 1. The number of ether oxygens (including phenoxy) is 1. The molecule has 13 heteroatoms. The number of amides is 2. The minimum atomic E-state index is -0.522. The highest BCUT2D eigenvalue weighted by atomic mass is 35.5. The quantitative estimate of drug-likeness (QED) is 0.140. The minimum Gasteiger partial charge on any atom is -0.465 e. The van der Waals surface area contributed by atoms with Crippen LogP contribution in [0, 0.1) is 0 Å². The number of aromatic nitrogens is 3. The molecule has 0 radical (unpaired) electrons. The van der Waals surface area contributed by atoms with Gasteiger partial charge in [-0.1, -0.05) is 77.3 Å². The van der Waals surface area contributed by atoms with Gasteiger partial charge in [-0.3, -0.25) is 9.59 Å². The number of piperidine rings is 2. The van der Waals surface area contributed by atoms with Gasteiger partial charge in [-0.2, -0.15) is 0 Å². The van der Waals surface area contributed by atoms with Gasteiger partial charge in [0.2, 0.25) is 5.91 Å². The van der Waals surface area contributed by atoms with Crippen LogP contribution in [0.3, 0.4) is 0 Å². The van der Waals surface area contributed by atoms with Gasteiger partial charge in [0.15, 0.2) is 0 Å². The number of halogens is 3. The van der Waals surface area contributed by atoms with E-state index in [0.717, 1.165) is 54.4 Å². The Morgan fingerprint density at radius 3 is 2.40 bits per heavy atom. The van der Waals surface area contributed by atoms with Crippen LogP contribution in [-0.4, -0.2) is 70.0 Å². The van der Waals surface area contributed by atoms with Crippen molar-refractivity contribution in [2.75, 3.05) is 37.0 Å². The van der Waals surface area contributed by atoms with E-state index in [1.54, 1.807) is 42.7 Å². The number of H-pyrrole nitrogens is 1. The summed E-state index contributed by atoms with van der Waals surface area (Å²) in [5.41, 5.74) is 6.11. The summed E-state index contributed by atoms with van der Waals surface area (Å²) in [5, 5.41) is 5.47. The van der Waals surface area contributed by atoms with Crippen LogP contribution >= 0.6 is 34.8 Å². The van der Waals surface area contributed by atoms with Gasteiger partial charge in [-0.05, 0) is 80.6 Å². The third-order valence-electron chi connectivity index (χ3n) is 11.2. The molecule has 6 aromatic rings. The van der Waals surface area contributed by atoms with E-state index in [4.69, 9.17) is 44.5 Å². The molecule has 2 N–H and O–H groups in total. The van der Waals surface area contributed by atoms with Gasteiger partial charge < -0.3 is 29.4 Å². The number of carbonyl (C=O) groups is 3. The lowest BCUT2D eigenvalue weighted by atomic mass is 9.98. The van der Waals surface area contributed by atoms with Crippen LogP contribution < -0.4 is 10.2 Å². The van der Waals surface area contributed by atoms with E-state index in [9.17, 15) is 14.4 Å². The maximum absolute atomic E-state index is 14.9. The van der Waals surface area contributed by atoms with Crippen LogP contribution in [-0.2, 0) is 9.53 Å². The van der Waals surface area contributed by atoms with Gasteiger partial charge in [0.1, 0.15) is 5.69 Å². The van der Waals surface area contributed by atoms with Crippen molar-refractivity contribution in [2.45, 2.75) is 51.1 Å². The molecule has 2 aliphatic heterocycles. The third kappa shape index (κ3) is 7.61. The molecule has 0 spiro atoms. The Labute approximate surface area is 345 Å². The van der Waals surface area contributed by atoms with E-state index < -0.39 is 11.9 Å². The van der Waals surface area contributed by atoms with Crippen LogP contribution in [0.4, 0.5) is 11.4 Å². The standard InChI is InChI=1S/C44H41Cl3N6O4/c1-26(32-14-12-29(45)23-34(32)47)53-25-48-40(27-8-4-3-5-9-27)42(53)39-33-15-13-30(46)24-35(33)49-41(39)43(55)50-36-22-28(44(56)57-2)11-16-37(36)51-20-17-31(18-21-51)52-19-7-6-10-38(52)54/h3-5,8-9,11-16,22-26,31,49H,6-7,10,17-21H2,1-2H3,(H,50,55)/t26-/m0/s1. The number of carbonyl (C=O) groups excluding carboxylic acids is 3. The molecule has 4 heterocycles. The van der Waals surface area contributed by atoms with E-state index in [0.29, 0.717) is 68.3 Å². The molecule has 57 heavy (non-hydrogen) atoms. The number of fused-ring (bicyclic) bond motifs is 1. The zero-order chi connectivity index (χ0) is 39.8. The normalized spacial score (nSPS) is 15.6. The van der Waals surface area contributed by atoms with Crippen molar-refractivity contribution in [3.8, 4) is 22.5 Å². The molecule has 2 fully saturated rings. The Morgan fingerprint density at radius 1 is 0.912 bits per heavy atom. The van der Waals surface area contributed by atoms with Crippen LogP contribution in [0.5, 0.6) is 0 Å². The first kappa shape index (κ1) is 38.6. The summed E-state index contributed by atoms with van der Waals surface area (Å²) in [6.45, 7) is 4.17. The van der Waals surface area contributed by atoms with Crippen molar-refractivity contribution in [1.82, 2.24) is 19.4 Å². The number of esters is 1. The first-order valence-electron chi connectivity index (χ1n) is 19.1. The number of aromatic amines is 1. The second kappa shape index (κ2) is 16.3. The highest BCUT2D eigenvalue weighted by Crippen LogP contribution is 2.43. The van der Waals surface area contributed by atoms with Crippen LogP contribution in [0.25, 0.3) is 33.4 Å². The van der Waals surface area contributed by atoms with Gasteiger partial charge in [-0.15, -0.1) is 0 Å². The van der Waals surface area contributed by atoms with Crippen molar-refractivity contribution in [3.63, 3.8) is 0 Å². The summed E-state index contributed by atoms with van der Waals surface area (Å²) < 4.78 is 7.09. The largest absolute Gasteiger partial charge is 0.465 e. The lowest BCUT2D eigenvalue weighted by Gasteiger charge is -2.41. The van der Waals surface area contributed by atoms with E-state index in [1.807, 2.05) is 64.9 Å². The zero-order valence-electron chi connectivity index (χ0n) is 31.5. The predicted molar refractivity (Wildman–Crippen MR) is 227 cm³/mol. The molecule has 2 saturated heterocycles. The second-order valence-electron chi connectivity index (χ2n) is 14.6. The number of hydrogen-bond acceptors (Lipinski definition) is 6. The Morgan fingerprint density at radius 2 is 1.67 bits per heavy atom. The van der Waals surface area contributed by atoms with Crippen molar-refractivity contribution in [2.24, 2.45) is 0 Å². The SMILES string of the molecule is COC(=O)c1ccc(N2CCC(N3CCCCC3=O)CC2)c(NC(=O)c2[nH]c3cc(Cl)ccc3c2-c2c(-c3ccccc3)ncn2[C@@H](C)c2ccc(Cl)cc2Cl)c1. The monoisotopic (exact) mass is 822 g/mol. The summed E-state index contributed by atoms with van der Waals surface area (Å²) in [7, 11) is 1.33. The highest BCUT2D eigenvalue weighted by Gasteiger charge is 2.32. The molecule has 0 aliphatic carbocycles. The summed E-state index contributed by atoms with van der Waals surface area (Å²) >= 11 is 19.6. The summed E-state index contributed by atoms with van der Waals surface area (Å²) in [4.78, 5) is 53.1. The minimum absolute atomic E-state index is 0.177. The third-order valence-corrected chi connectivity index (χ3v) is 12.0. The number of likely N-dealkylation sites (tertiary alicyclic amines) is 1. The molecule has 2 aromatic heterocycles. The van der Waals surface area contributed by atoms with E-state index in [-0.39, 0.29) is 23.7 Å². The predicted octanol–water partition coefficient (Wildman–Crippen LogP) is 10.3. The summed E-state index contributed by atoms with van der Waals surface area (Å²) in [6.07, 6.45) is 5.94. The van der Waals surface area contributed by atoms with Gasteiger partial charge in [0.25, 0.3) is 5.91 Å². The average Bonchev–Trinajstić information content (AvgIpc) is 3.82. The van der Waals surface area contributed by atoms with Crippen LogP contribution in [0.15, 0.2) is 91.3 Å². The first-order chi connectivity index (χ1) is 27.6. The summed E-state index contributed by atoms with van der Waals surface area (Å²) in [5.74, 6) is -0.724. The lowest BCUT2D eigenvalue weighted by Crippen LogP contribution is -2.49. The lowest BCUT2D eigenvalue weighted by molar-refractivity contribution is -0.136.